The number of hydrogen-bond donors (Lipinski definition) is 0. The minimum Gasteiger partial charge on any atom is -0.445 e. The summed E-state index contributed by atoms with van der Waals surface area (Å²) in [6.45, 7) is 1.49. The van der Waals surface area contributed by atoms with Crippen molar-refractivity contribution in [1.29, 1.82) is 0 Å². The van der Waals surface area contributed by atoms with Gasteiger partial charge in [-0.25, -0.2) is 0 Å². The number of halogens is 2. The number of piperidine rings is 1. The molecule has 25 heavy (non-hydrogen) atoms. The molecular formula is C19H17Cl2NO3. The van der Waals surface area contributed by atoms with Crippen LogP contribution in [0.2, 0.25) is 10.0 Å². The Labute approximate surface area is 156 Å². The molecule has 2 aliphatic rings. The number of amides is 1. The molecule has 0 bridgehead atoms. The first-order chi connectivity index (χ1) is 12.1. The quantitative estimate of drug-likeness (QED) is 0.731. The smallest absolute Gasteiger partial charge is 0.268 e. The lowest BCUT2D eigenvalue weighted by Gasteiger charge is -2.27. The fraction of sp³-hybridized carbons (Fsp3) is 0.316. The number of carbonyl (C=O) groups excluding carboxylic acids is 1. The topological polar surface area (TPSA) is 38.8 Å². The molecule has 2 aromatic carbocycles. The zero-order valence-electron chi connectivity index (χ0n) is 13.5. The van der Waals surface area contributed by atoms with Crippen molar-refractivity contribution in [2.45, 2.75) is 25.6 Å². The predicted molar refractivity (Wildman–Crippen MR) is 96.7 cm³/mol. The maximum absolute atomic E-state index is 12.8. The lowest BCUT2D eigenvalue weighted by molar-refractivity contribution is 0.0487. The van der Waals surface area contributed by atoms with Crippen LogP contribution >= 0.6 is 23.2 Å². The van der Waals surface area contributed by atoms with Gasteiger partial charge in [-0.1, -0.05) is 53.5 Å². The van der Waals surface area contributed by atoms with Gasteiger partial charge in [0.15, 0.2) is 11.5 Å². The van der Waals surface area contributed by atoms with Crippen LogP contribution in [0.5, 0.6) is 11.5 Å². The summed E-state index contributed by atoms with van der Waals surface area (Å²) in [6.07, 6.45) is 2.56. The van der Waals surface area contributed by atoms with Crippen molar-refractivity contribution in [3.63, 3.8) is 0 Å². The molecule has 0 aliphatic carbocycles. The molecule has 4 nitrogen and oxygen atoms in total. The van der Waals surface area contributed by atoms with Gasteiger partial charge in [0.05, 0.1) is 15.6 Å². The highest BCUT2D eigenvalue weighted by Gasteiger charge is 2.34. The molecule has 6 heteroatoms. The van der Waals surface area contributed by atoms with Gasteiger partial charge in [-0.2, -0.15) is 0 Å². The first-order valence-corrected chi connectivity index (χ1v) is 9.10. The molecule has 2 aromatic rings. The first-order valence-electron chi connectivity index (χ1n) is 8.34. The number of likely N-dealkylation sites (tertiary alicyclic amines) is 1. The number of benzene rings is 2. The van der Waals surface area contributed by atoms with E-state index in [0.29, 0.717) is 22.1 Å². The highest BCUT2D eigenvalue weighted by Crippen LogP contribution is 2.50. The fourth-order valence-corrected chi connectivity index (χ4v) is 3.71. The zero-order chi connectivity index (χ0) is 17.4. The van der Waals surface area contributed by atoms with E-state index in [-0.39, 0.29) is 10.9 Å². The van der Waals surface area contributed by atoms with Gasteiger partial charge in [0.25, 0.3) is 12.2 Å². The van der Waals surface area contributed by atoms with E-state index in [1.54, 1.807) is 6.07 Å². The zero-order valence-corrected chi connectivity index (χ0v) is 15.0. The summed E-state index contributed by atoms with van der Waals surface area (Å²) in [5.41, 5.74) is 1.22. The maximum atomic E-state index is 12.8. The number of carbonyl (C=O) groups is 1. The van der Waals surface area contributed by atoms with E-state index in [0.717, 1.165) is 37.9 Å². The summed E-state index contributed by atoms with van der Waals surface area (Å²) in [5.74, 6) is 0.611. The molecule has 0 N–H and O–H groups in total. The molecule has 0 aromatic heterocycles. The summed E-state index contributed by atoms with van der Waals surface area (Å²) in [6, 6.07) is 11.1. The second kappa shape index (κ2) is 6.77. The van der Waals surface area contributed by atoms with Crippen LogP contribution in [-0.4, -0.2) is 23.9 Å². The molecule has 1 unspecified atom stereocenters. The van der Waals surface area contributed by atoms with Crippen molar-refractivity contribution in [1.82, 2.24) is 4.90 Å². The van der Waals surface area contributed by atoms with Gasteiger partial charge in [-0.3, -0.25) is 4.79 Å². The largest absolute Gasteiger partial charge is 0.445 e. The van der Waals surface area contributed by atoms with E-state index < -0.39 is 6.29 Å². The van der Waals surface area contributed by atoms with Gasteiger partial charge in [0.1, 0.15) is 0 Å². The Balaban J connectivity index is 1.66. The van der Waals surface area contributed by atoms with Gasteiger partial charge >= 0.3 is 0 Å². The van der Waals surface area contributed by atoms with E-state index in [1.807, 2.05) is 35.2 Å². The van der Waals surface area contributed by atoms with E-state index >= 15 is 0 Å². The third kappa shape index (κ3) is 3.05. The Hall–Kier alpha value is -1.91. The molecule has 1 saturated heterocycles. The summed E-state index contributed by atoms with van der Waals surface area (Å²) in [5, 5.41) is 0.589. The van der Waals surface area contributed by atoms with Crippen LogP contribution in [0.4, 0.5) is 0 Å². The lowest BCUT2D eigenvalue weighted by atomic mass is 10.1. The van der Waals surface area contributed by atoms with Crippen LogP contribution in [0.25, 0.3) is 0 Å². The minimum atomic E-state index is -0.619. The molecule has 4 rings (SSSR count). The van der Waals surface area contributed by atoms with Crippen molar-refractivity contribution < 1.29 is 14.3 Å². The Morgan fingerprint density at radius 1 is 1.00 bits per heavy atom. The van der Waals surface area contributed by atoms with Crippen molar-refractivity contribution in [2.75, 3.05) is 13.1 Å². The average molecular weight is 378 g/mol. The third-order valence-electron chi connectivity index (χ3n) is 4.53. The average Bonchev–Trinajstić information content (AvgIpc) is 3.12. The number of ether oxygens (including phenoxy) is 2. The second-order valence-corrected chi connectivity index (χ2v) is 6.99. The molecule has 1 amide bonds. The number of nitrogens with zero attached hydrogens (tertiary/aromatic N) is 1. The predicted octanol–water partition coefficient (Wildman–Crippen LogP) is 5.09. The van der Waals surface area contributed by atoms with E-state index in [2.05, 4.69) is 0 Å². The van der Waals surface area contributed by atoms with E-state index in [9.17, 15) is 4.79 Å². The molecule has 1 fully saturated rings. The summed E-state index contributed by atoms with van der Waals surface area (Å²) < 4.78 is 11.7. The minimum absolute atomic E-state index is 0.110. The van der Waals surface area contributed by atoms with Crippen LogP contribution in [0.15, 0.2) is 36.4 Å². The third-order valence-corrected chi connectivity index (χ3v) is 5.18. The Kier molecular flexibility index (Phi) is 4.48. The van der Waals surface area contributed by atoms with Gasteiger partial charge in [0.2, 0.25) is 0 Å². The van der Waals surface area contributed by atoms with Crippen LogP contribution in [0.3, 0.4) is 0 Å². The van der Waals surface area contributed by atoms with E-state index in [4.69, 9.17) is 32.7 Å². The second-order valence-electron chi connectivity index (χ2n) is 6.21. The molecular weight excluding hydrogens is 361 g/mol. The van der Waals surface area contributed by atoms with Gasteiger partial charge in [-0.15, -0.1) is 0 Å². The normalized spacial score (nSPS) is 19.1. The molecule has 0 radical (unpaired) electrons. The van der Waals surface area contributed by atoms with Gasteiger partial charge in [0, 0.05) is 18.7 Å². The summed E-state index contributed by atoms with van der Waals surface area (Å²) >= 11 is 12.8. The van der Waals surface area contributed by atoms with Crippen LogP contribution in [0, 0.1) is 0 Å². The highest BCUT2D eigenvalue weighted by atomic mass is 35.5. The number of rotatable bonds is 2. The van der Waals surface area contributed by atoms with Crippen LogP contribution in [0.1, 0.15) is 41.5 Å². The number of hydrogen-bond acceptors (Lipinski definition) is 3. The monoisotopic (exact) mass is 377 g/mol. The molecule has 2 aliphatic heterocycles. The SMILES string of the molecule is O=C(c1cc(Cl)c2c(c1Cl)OC(c1ccccc1)O2)N1CCCCC1. The molecule has 1 atom stereocenters. The first kappa shape index (κ1) is 16.6. The highest BCUT2D eigenvalue weighted by molar-refractivity contribution is 6.38. The van der Waals surface area contributed by atoms with Gasteiger partial charge in [-0.05, 0) is 25.3 Å². The van der Waals surface area contributed by atoms with Crippen LogP contribution in [-0.2, 0) is 0 Å². The van der Waals surface area contributed by atoms with Crippen molar-refractivity contribution in [3.05, 3.63) is 57.6 Å². The maximum Gasteiger partial charge on any atom is 0.268 e. The lowest BCUT2D eigenvalue weighted by Crippen LogP contribution is -2.35. The molecule has 130 valence electrons. The number of fused-ring (bicyclic) bond motifs is 1. The Morgan fingerprint density at radius 2 is 1.68 bits per heavy atom. The van der Waals surface area contributed by atoms with Crippen LogP contribution < -0.4 is 9.47 Å². The van der Waals surface area contributed by atoms with Crippen molar-refractivity contribution in [3.8, 4) is 11.5 Å². The summed E-state index contributed by atoms with van der Waals surface area (Å²) in [4.78, 5) is 14.6. The molecule has 0 saturated carbocycles. The standard InChI is InChI=1S/C19H17Cl2NO3/c20-14-11-13(18(23)22-9-5-2-6-10-22)15(21)17-16(14)24-19(25-17)12-7-3-1-4-8-12/h1,3-4,7-8,11,19H,2,5-6,9-10H2. The Bertz CT molecular complexity index is 804. The van der Waals surface area contributed by atoms with Crippen molar-refractivity contribution >= 4 is 29.1 Å². The Morgan fingerprint density at radius 3 is 2.40 bits per heavy atom. The van der Waals surface area contributed by atoms with E-state index in [1.165, 1.54) is 0 Å². The molecule has 2 heterocycles. The molecule has 0 spiro atoms. The fourth-order valence-electron chi connectivity index (χ4n) is 3.21. The summed E-state index contributed by atoms with van der Waals surface area (Å²) in [7, 11) is 0. The van der Waals surface area contributed by atoms with Crippen molar-refractivity contribution in [2.24, 2.45) is 0 Å². The van der Waals surface area contributed by atoms with Gasteiger partial charge < -0.3 is 14.4 Å².